The molecule has 0 spiro atoms. The Bertz CT molecular complexity index is 307. The van der Waals surface area contributed by atoms with E-state index >= 15 is 0 Å². The summed E-state index contributed by atoms with van der Waals surface area (Å²) < 4.78 is 0. The van der Waals surface area contributed by atoms with Gasteiger partial charge in [0.05, 0.1) is 5.88 Å². The maximum Gasteiger partial charge on any atom is 0.0658 e. The first kappa shape index (κ1) is 8.95. The van der Waals surface area contributed by atoms with Gasteiger partial charge in [-0.3, -0.25) is 0 Å². The van der Waals surface area contributed by atoms with Crippen LogP contribution < -0.4 is 5.32 Å². The number of thioether (sulfide) groups is 1. The van der Waals surface area contributed by atoms with Crippen molar-refractivity contribution in [3.63, 3.8) is 0 Å². The topological polar surface area (TPSA) is 12.0 Å². The molecule has 2 rings (SSSR count). The summed E-state index contributed by atoms with van der Waals surface area (Å²) in [5.41, 5.74) is 2.77. The molecule has 1 N–H and O–H groups in total. The Balaban J connectivity index is 2.21. The third kappa shape index (κ3) is 1.99. The Morgan fingerprint density at radius 2 is 2.31 bits per heavy atom. The summed E-state index contributed by atoms with van der Waals surface area (Å²) in [4.78, 5) is 1.40. The van der Waals surface area contributed by atoms with E-state index in [4.69, 9.17) is 0 Å². The number of fused-ring (bicyclic) bond motifs is 1. The third-order valence-electron chi connectivity index (χ3n) is 2.18. The quantitative estimate of drug-likeness (QED) is 0.773. The van der Waals surface area contributed by atoms with Crippen LogP contribution in [0.25, 0.3) is 0 Å². The molecule has 1 aromatic carbocycles. The molecule has 1 aliphatic heterocycles. The second-order valence-corrected chi connectivity index (χ2v) is 4.91. The van der Waals surface area contributed by atoms with Gasteiger partial charge in [0.15, 0.2) is 0 Å². The van der Waals surface area contributed by atoms with Gasteiger partial charge in [0, 0.05) is 10.6 Å². The maximum atomic E-state index is 3.38. The van der Waals surface area contributed by atoms with Gasteiger partial charge in [-0.25, -0.2) is 0 Å². The van der Waals surface area contributed by atoms with Crippen LogP contribution in [0.15, 0.2) is 23.1 Å². The monoisotopic (exact) mass is 193 g/mol. The van der Waals surface area contributed by atoms with Gasteiger partial charge in [-0.05, 0) is 30.0 Å². The lowest BCUT2D eigenvalue weighted by Gasteiger charge is -2.06. The van der Waals surface area contributed by atoms with E-state index in [-0.39, 0.29) is 0 Å². The molecule has 0 saturated carbocycles. The zero-order valence-electron chi connectivity index (χ0n) is 8.13. The molecular weight excluding hydrogens is 178 g/mol. The van der Waals surface area contributed by atoms with Gasteiger partial charge in [-0.2, -0.15) is 0 Å². The smallest absolute Gasteiger partial charge is 0.0658 e. The van der Waals surface area contributed by atoms with Crippen molar-refractivity contribution in [2.24, 2.45) is 5.92 Å². The lowest BCUT2D eigenvalue weighted by molar-refractivity contribution is 0.647. The molecule has 0 aromatic heterocycles. The molecule has 0 radical (unpaired) electrons. The molecule has 0 fully saturated rings. The number of benzene rings is 1. The second kappa shape index (κ2) is 3.62. The number of rotatable bonds is 2. The number of hydrogen-bond acceptors (Lipinski definition) is 2. The van der Waals surface area contributed by atoms with Gasteiger partial charge < -0.3 is 5.32 Å². The van der Waals surface area contributed by atoms with Gasteiger partial charge in [0.25, 0.3) is 0 Å². The van der Waals surface area contributed by atoms with Gasteiger partial charge >= 0.3 is 0 Å². The van der Waals surface area contributed by atoms with Gasteiger partial charge in [-0.1, -0.05) is 19.9 Å². The second-order valence-electron chi connectivity index (χ2n) is 3.89. The van der Waals surface area contributed by atoms with Crippen LogP contribution >= 0.6 is 11.8 Å². The first-order valence-electron chi connectivity index (χ1n) is 4.75. The summed E-state index contributed by atoms with van der Waals surface area (Å²) in [6.07, 6.45) is 1.18. The van der Waals surface area contributed by atoms with E-state index < -0.39 is 0 Å². The van der Waals surface area contributed by atoms with Crippen molar-refractivity contribution in [2.45, 2.75) is 25.2 Å². The molecule has 0 bridgehead atoms. The minimum Gasteiger partial charge on any atom is -0.375 e. The minimum absolute atomic E-state index is 0.743. The highest BCUT2D eigenvalue weighted by atomic mass is 32.2. The van der Waals surface area contributed by atoms with Crippen LogP contribution in [0.3, 0.4) is 0 Å². The third-order valence-corrected chi connectivity index (χ3v) is 3.13. The Hall–Kier alpha value is -0.630. The lowest BCUT2D eigenvalue weighted by atomic mass is 10.0. The Morgan fingerprint density at radius 1 is 1.46 bits per heavy atom. The first-order chi connectivity index (χ1) is 6.25. The van der Waals surface area contributed by atoms with Crippen molar-refractivity contribution in [3.05, 3.63) is 23.8 Å². The molecule has 1 aromatic rings. The molecule has 0 aliphatic carbocycles. The van der Waals surface area contributed by atoms with Crippen molar-refractivity contribution in [2.75, 3.05) is 11.2 Å². The van der Waals surface area contributed by atoms with Crippen molar-refractivity contribution in [1.82, 2.24) is 0 Å². The zero-order valence-corrected chi connectivity index (χ0v) is 8.95. The van der Waals surface area contributed by atoms with E-state index in [2.05, 4.69) is 37.4 Å². The standard InChI is InChI=1S/C11H15NS/c1-8(2)5-9-3-4-11-10(6-9)12-7-13-11/h3-4,6,8,12H,5,7H2,1-2H3. The van der Waals surface area contributed by atoms with Crippen molar-refractivity contribution in [1.29, 1.82) is 0 Å². The van der Waals surface area contributed by atoms with Crippen molar-refractivity contribution >= 4 is 17.4 Å². The number of hydrogen-bond donors (Lipinski definition) is 1. The van der Waals surface area contributed by atoms with Crippen LogP contribution in [0.2, 0.25) is 0 Å². The molecule has 1 heterocycles. The fourth-order valence-electron chi connectivity index (χ4n) is 1.63. The number of anilines is 1. The average molecular weight is 193 g/mol. The SMILES string of the molecule is CC(C)Cc1ccc2c(c1)NCS2. The lowest BCUT2D eigenvalue weighted by Crippen LogP contribution is -1.95. The fourth-order valence-corrected chi connectivity index (χ4v) is 2.47. The van der Waals surface area contributed by atoms with E-state index in [1.807, 2.05) is 11.8 Å². The maximum absolute atomic E-state index is 3.38. The molecule has 70 valence electrons. The van der Waals surface area contributed by atoms with E-state index in [1.54, 1.807) is 0 Å². The van der Waals surface area contributed by atoms with Crippen LogP contribution in [0.5, 0.6) is 0 Å². The summed E-state index contributed by atoms with van der Waals surface area (Å²) in [5, 5.41) is 3.38. The fraction of sp³-hybridized carbons (Fsp3) is 0.455. The van der Waals surface area contributed by atoms with E-state index in [0.717, 1.165) is 11.8 Å². The molecule has 1 nitrogen and oxygen atoms in total. The van der Waals surface area contributed by atoms with Crippen LogP contribution in [-0.4, -0.2) is 5.88 Å². The van der Waals surface area contributed by atoms with E-state index in [0.29, 0.717) is 0 Å². The summed E-state index contributed by atoms with van der Waals surface area (Å²) in [6, 6.07) is 6.77. The van der Waals surface area contributed by atoms with Gasteiger partial charge in [0.2, 0.25) is 0 Å². The normalized spacial score (nSPS) is 14.4. The summed E-state index contributed by atoms with van der Waals surface area (Å²) in [7, 11) is 0. The predicted molar refractivity (Wildman–Crippen MR) is 59.3 cm³/mol. The largest absolute Gasteiger partial charge is 0.375 e. The number of nitrogens with one attached hydrogen (secondary N) is 1. The summed E-state index contributed by atoms with van der Waals surface area (Å²) >= 11 is 1.88. The molecule has 0 amide bonds. The Kier molecular flexibility index (Phi) is 2.49. The highest BCUT2D eigenvalue weighted by molar-refractivity contribution is 7.99. The molecule has 0 atom stereocenters. The zero-order chi connectivity index (χ0) is 9.26. The minimum atomic E-state index is 0.743. The van der Waals surface area contributed by atoms with Crippen LogP contribution in [0, 0.1) is 5.92 Å². The van der Waals surface area contributed by atoms with Gasteiger partial charge in [0.1, 0.15) is 0 Å². The molecule has 0 unspecified atom stereocenters. The van der Waals surface area contributed by atoms with Gasteiger partial charge in [-0.15, -0.1) is 11.8 Å². The summed E-state index contributed by atoms with van der Waals surface area (Å²) in [6.45, 7) is 4.52. The van der Waals surface area contributed by atoms with Crippen LogP contribution in [0.1, 0.15) is 19.4 Å². The molecule has 2 heteroatoms. The highest BCUT2D eigenvalue weighted by Gasteiger charge is 2.10. The van der Waals surface area contributed by atoms with E-state index in [1.165, 1.54) is 22.6 Å². The molecule has 13 heavy (non-hydrogen) atoms. The molecule has 1 aliphatic rings. The molecular formula is C11H15NS. The molecule has 0 saturated heterocycles. The summed E-state index contributed by atoms with van der Waals surface area (Å²) in [5.74, 6) is 1.77. The van der Waals surface area contributed by atoms with Crippen LogP contribution in [-0.2, 0) is 6.42 Å². The Morgan fingerprint density at radius 3 is 3.08 bits per heavy atom. The van der Waals surface area contributed by atoms with Crippen molar-refractivity contribution < 1.29 is 0 Å². The highest BCUT2D eigenvalue weighted by Crippen LogP contribution is 2.34. The van der Waals surface area contributed by atoms with E-state index in [9.17, 15) is 0 Å². The predicted octanol–water partition coefficient (Wildman–Crippen LogP) is 3.36. The first-order valence-corrected chi connectivity index (χ1v) is 5.74. The Labute approximate surface area is 83.9 Å². The average Bonchev–Trinajstić information content (AvgIpc) is 2.49. The van der Waals surface area contributed by atoms with Crippen molar-refractivity contribution in [3.8, 4) is 0 Å². The van der Waals surface area contributed by atoms with Crippen LogP contribution in [0.4, 0.5) is 5.69 Å².